The Balaban J connectivity index is 1.98. The molecule has 0 bridgehead atoms. The van der Waals surface area contributed by atoms with Gasteiger partial charge in [-0.25, -0.2) is 9.78 Å². The Bertz CT molecular complexity index is 465. The molecule has 82 valence electrons. The van der Waals surface area contributed by atoms with Crippen LogP contribution in [0.1, 0.15) is 15.4 Å². The molecular formula is C11H10N2O2S. The standard InChI is InChI=1S/C11H10N2O2S/c14-11(15)8-1-3-9(4-2-8)13-7-10-12-5-6-16-10/h1-6,13H,7H2,(H,14,15). The van der Waals surface area contributed by atoms with Crippen LogP contribution in [0.15, 0.2) is 35.8 Å². The highest BCUT2D eigenvalue weighted by Crippen LogP contribution is 2.12. The van der Waals surface area contributed by atoms with Crippen molar-refractivity contribution >= 4 is 23.0 Å². The van der Waals surface area contributed by atoms with Crippen molar-refractivity contribution < 1.29 is 9.90 Å². The van der Waals surface area contributed by atoms with E-state index >= 15 is 0 Å². The number of anilines is 1. The minimum Gasteiger partial charge on any atom is -0.478 e. The van der Waals surface area contributed by atoms with Crippen molar-refractivity contribution in [3.05, 3.63) is 46.4 Å². The number of carboxylic acid groups (broad SMARTS) is 1. The second kappa shape index (κ2) is 4.76. The van der Waals surface area contributed by atoms with E-state index < -0.39 is 5.97 Å². The fourth-order valence-corrected chi connectivity index (χ4v) is 1.80. The van der Waals surface area contributed by atoms with E-state index in [4.69, 9.17) is 5.11 Å². The smallest absolute Gasteiger partial charge is 0.335 e. The van der Waals surface area contributed by atoms with Gasteiger partial charge in [-0.2, -0.15) is 0 Å². The van der Waals surface area contributed by atoms with Crippen LogP contribution >= 0.6 is 11.3 Å². The van der Waals surface area contributed by atoms with E-state index in [0.717, 1.165) is 10.7 Å². The zero-order chi connectivity index (χ0) is 11.4. The summed E-state index contributed by atoms with van der Waals surface area (Å²) < 4.78 is 0. The number of nitrogens with zero attached hydrogens (tertiary/aromatic N) is 1. The van der Waals surface area contributed by atoms with Crippen LogP contribution in [-0.2, 0) is 6.54 Å². The number of thiazole rings is 1. The minimum atomic E-state index is -0.911. The second-order valence-corrected chi connectivity index (χ2v) is 4.14. The van der Waals surface area contributed by atoms with Gasteiger partial charge < -0.3 is 10.4 Å². The number of aromatic nitrogens is 1. The summed E-state index contributed by atoms with van der Waals surface area (Å²) in [6.45, 7) is 0.657. The lowest BCUT2D eigenvalue weighted by Gasteiger charge is -2.04. The summed E-state index contributed by atoms with van der Waals surface area (Å²) in [5.41, 5.74) is 1.18. The Morgan fingerprint density at radius 2 is 2.12 bits per heavy atom. The average molecular weight is 234 g/mol. The highest BCUT2D eigenvalue weighted by Gasteiger charge is 2.01. The fourth-order valence-electron chi connectivity index (χ4n) is 1.25. The summed E-state index contributed by atoms with van der Waals surface area (Å²) >= 11 is 1.58. The number of hydrogen-bond acceptors (Lipinski definition) is 4. The zero-order valence-electron chi connectivity index (χ0n) is 8.38. The Kier molecular flexibility index (Phi) is 3.16. The molecule has 2 rings (SSSR count). The molecule has 2 aromatic rings. The molecule has 1 aromatic carbocycles. The Morgan fingerprint density at radius 1 is 1.38 bits per heavy atom. The molecule has 0 unspecified atom stereocenters. The third-order valence-electron chi connectivity index (χ3n) is 2.06. The molecule has 16 heavy (non-hydrogen) atoms. The molecule has 0 radical (unpaired) electrons. The van der Waals surface area contributed by atoms with Crippen molar-refractivity contribution in [3.63, 3.8) is 0 Å². The molecule has 0 saturated carbocycles. The van der Waals surface area contributed by atoms with Crippen LogP contribution in [0.25, 0.3) is 0 Å². The molecule has 0 aliphatic rings. The van der Waals surface area contributed by atoms with Gasteiger partial charge in [0.15, 0.2) is 0 Å². The topological polar surface area (TPSA) is 62.2 Å². The third kappa shape index (κ3) is 2.58. The van der Waals surface area contributed by atoms with Crippen molar-refractivity contribution in [1.82, 2.24) is 4.98 Å². The summed E-state index contributed by atoms with van der Waals surface area (Å²) in [6, 6.07) is 6.65. The lowest BCUT2D eigenvalue weighted by molar-refractivity contribution is 0.0697. The molecule has 4 nitrogen and oxygen atoms in total. The van der Waals surface area contributed by atoms with Crippen LogP contribution in [0, 0.1) is 0 Å². The lowest BCUT2D eigenvalue weighted by atomic mass is 10.2. The Morgan fingerprint density at radius 3 is 2.69 bits per heavy atom. The number of carboxylic acids is 1. The number of nitrogens with one attached hydrogen (secondary N) is 1. The molecule has 2 N–H and O–H groups in total. The number of carbonyl (C=O) groups is 1. The SMILES string of the molecule is O=C(O)c1ccc(NCc2nccs2)cc1. The van der Waals surface area contributed by atoms with Gasteiger partial charge in [-0.3, -0.25) is 0 Å². The average Bonchev–Trinajstić information content (AvgIpc) is 2.80. The quantitative estimate of drug-likeness (QED) is 0.853. The molecule has 1 heterocycles. The van der Waals surface area contributed by atoms with Crippen molar-refractivity contribution in [1.29, 1.82) is 0 Å². The largest absolute Gasteiger partial charge is 0.478 e. The summed E-state index contributed by atoms with van der Waals surface area (Å²) in [7, 11) is 0. The van der Waals surface area contributed by atoms with E-state index in [0.29, 0.717) is 12.1 Å². The number of benzene rings is 1. The maximum absolute atomic E-state index is 10.6. The molecule has 0 fully saturated rings. The molecule has 0 atom stereocenters. The monoisotopic (exact) mass is 234 g/mol. The maximum atomic E-state index is 10.6. The predicted molar refractivity (Wildman–Crippen MR) is 62.8 cm³/mol. The molecule has 1 aromatic heterocycles. The van der Waals surface area contributed by atoms with Crippen molar-refractivity contribution in [2.24, 2.45) is 0 Å². The van der Waals surface area contributed by atoms with E-state index in [1.165, 1.54) is 0 Å². The summed E-state index contributed by atoms with van der Waals surface area (Å²) in [5.74, 6) is -0.911. The molecular weight excluding hydrogens is 224 g/mol. The first-order chi connectivity index (χ1) is 7.75. The first-order valence-electron chi connectivity index (χ1n) is 4.71. The summed E-state index contributed by atoms with van der Waals surface area (Å²) in [4.78, 5) is 14.8. The van der Waals surface area contributed by atoms with E-state index in [1.54, 1.807) is 41.8 Å². The van der Waals surface area contributed by atoms with Gasteiger partial charge in [0.1, 0.15) is 5.01 Å². The lowest BCUT2D eigenvalue weighted by Crippen LogP contribution is -2.00. The molecule has 0 aliphatic heterocycles. The first-order valence-corrected chi connectivity index (χ1v) is 5.59. The van der Waals surface area contributed by atoms with Crippen LogP contribution < -0.4 is 5.32 Å². The molecule has 5 heteroatoms. The van der Waals surface area contributed by atoms with Gasteiger partial charge in [0.05, 0.1) is 12.1 Å². The van der Waals surface area contributed by atoms with Crippen LogP contribution in [0.3, 0.4) is 0 Å². The zero-order valence-corrected chi connectivity index (χ0v) is 9.20. The van der Waals surface area contributed by atoms with E-state index in [1.807, 2.05) is 5.38 Å². The van der Waals surface area contributed by atoms with Gasteiger partial charge >= 0.3 is 5.97 Å². The van der Waals surface area contributed by atoms with Gasteiger partial charge in [-0.1, -0.05) is 0 Å². The van der Waals surface area contributed by atoms with Crippen LogP contribution in [0.4, 0.5) is 5.69 Å². The Hall–Kier alpha value is -1.88. The highest BCUT2D eigenvalue weighted by molar-refractivity contribution is 7.09. The van der Waals surface area contributed by atoms with E-state index in [2.05, 4.69) is 10.3 Å². The van der Waals surface area contributed by atoms with Gasteiger partial charge in [0, 0.05) is 17.3 Å². The van der Waals surface area contributed by atoms with Gasteiger partial charge in [-0.05, 0) is 24.3 Å². The fraction of sp³-hybridized carbons (Fsp3) is 0.0909. The Labute approximate surface area is 96.6 Å². The van der Waals surface area contributed by atoms with E-state index in [9.17, 15) is 4.79 Å². The van der Waals surface area contributed by atoms with E-state index in [-0.39, 0.29) is 0 Å². The third-order valence-corrected chi connectivity index (χ3v) is 2.84. The van der Waals surface area contributed by atoms with Gasteiger partial charge in [0.2, 0.25) is 0 Å². The first kappa shape index (κ1) is 10.6. The van der Waals surface area contributed by atoms with Gasteiger partial charge in [-0.15, -0.1) is 11.3 Å². The normalized spacial score (nSPS) is 10.0. The molecule has 0 spiro atoms. The summed E-state index contributed by atoms with van der Waals surface area (Å²) in [5, 5.41) is 14.8. The second-order valence-electron chi connectivity index (χ2n) is 3.16. The minimum absolute atomic E-state index is 0.291. The van der Waals surface area contributed by atoms with Gasteiger partial charge in [0.25, 0.3) is 0 Å². The van der Waals surface area contributed by atoms with Crippen molar-refractivity contribution in [2.45, 2.75) is 6.54 Å². The van der Waals surface area contributed by atoms with Crippen LogP contribution in [0.2, 0.25) is 0 Å². The number of rotatable bonds is 4. The number of aromatic carboxylic acids is 1. The molecule has 0 saturated heterocycles. The van der Waals surface area contributed by atoms with Crippen molar-refractivity contribution in [2.75, 3.05) is 5.32 Å². The summed E-state index contributed by atoms with van der Waals surface area (Å²) in [6.07, 6.45) is 1.76. The van der Waals surface area contributed by atoms with Crippen LogP contribution in [0.5, 0.6) is 0 Å². The molecule has 0 amide bonds. The predicted octanol–water partition coefficient (Wildman–Crippen LogP) is 2.45. The van der Waals surface area contributed by atoms with Crippen molar-refractivity contribution in [3.8, 4) is 0 Å². The molecule has 0 aliphatic carbocycles. The number of hydrogen-bond donors (Lipinski definition) is 2. The highest BCUT2D eigenvalue weighted by atomic mass is 32.1. The van der Waals surface area contributed by atoms with Crippen LogP contribution in [-0.4, -0.2) is 16.1 Å². The maximum Gasteiger partial charge on any atom is 0.335 e.